The van der Waals surface area contributed by atoms with Crippen LogP contribution in [0.2, 0.25) is 0 Å². The first-order valence-corrected chi connectivity index (χ1v) is 6.10. The van der Waals surface area contributed by atoms with Gasteiger partial charge in [-0.2, -0.15) is 0 Å². The van der Waals surface area contributed by atoms with Crippen LogP contribution in [0.25, 0.3) is 10.8 Å². The maximum atomic E-state index is 2.70. The zero-order valence-electron chi connectivity index (χ0n) is 9.53. The fourth-order valence-corrected chi connectivity index (χ4v) is 1.48. The van der Waals surface area contributed by atoms with Crippen molar-refractivity contribution in [2.45, 2.75) is 26.7 Å². The van der Waals surface area contributed by atoms with Gasteiger partial charge in [-0.3, -0.25) is 0 Å². The summed E-state index contributed by atoms with van der Waals surface area (Å²) in [5.74, 6) is 0. The minimum atomic E-state index is 1.24. The molecule has 2 aromatic carbocycles. The van der Waals surface area contributed by atoms with E-state index in [-0.39, 0.29) is 0 Å². The van der Waals surface area contributed by atoms with Gasteiger partial charge in [-0.05, 0) is 22.1 Å². The lowest BCUT2D eigenvalue weighted by atomic mass is 10.1. The summed E-state index contributed by atoms with van der Waals surface area (Å²) in [6, 6.07) is 14.8. The fourth-order valence-electron chi connectivity index (χ4n) is 1.21. The summed E-state index contributed by atoms with van der Waals surface area (Å²) in [5, 5.41) is 3.85. The fraction of sp³-hybridized carbons (Fsp3) is 0.286. The second-order valence-electron chi connectivity index (χ2n) is 3.61. The first-order valence-electron chi connectivity index (χ1n) is 5.52. The summed E-state index contributed by atoms with van der Waals surface area (Å²) in [4.78, 5) is 0. The molecule has 0 bridgehead atoms. The normalized spacial score (nSPS) is 9.53. The van der Waals surface area contributed by atoms with E-state index in [1.807, 2.05) is 0 Å². The summed E-state index contributed by atoms with van der Waals surface area (Å²) < 4.78 is 0. The van der Waals surface area contributed by atoms with Gasteiger partial charge in [0.1, 0.15) is 0 Å². The van der Waals surface area contributed by atoms with Gasteiger partial charge in [0.25, 0.3) is 0 Å². The topological polar surface area (TPSA) is 0 Å². The van der Waals surface area contributed by atoms with E-state index in [9.17, 15) is 0 Å². The zero-order valence-corrected chi connectivity index (χ0v) is 10.7. The molecule has 0 radical (unpaired) electrons. The molecule has 1 heteroatoms. The number of unbranched alkanes of at least 4 members (excludes halogenated alkanes) is 1. The number of fused-ring (bicyclic) bond motifs is 1. The molecule has 0 aliphatic carbocycles. The van der Waals surface area contributed by atoms with Gasteiger partial charge in [-0.25, -0.2) is 0 Å². The van der Waals surface area contributed by atoms with Crippen LogP contribution in [0.5, 0.6) is 0 Å². The third-order valence-electron chi connectivity index (χ3n) is 2.27. The number of rotatable bonds is 1. The van der Waals surface area contributed by atoms with Crippen LogP contribution in [0.15, 0.2) is 42.5 Å². The van der Waals surface area contributed by atoms with Crippen LogP contribution in [0.3, 0.4) is 0 Å². The summed E-state index contributed by atoms with van der Waals surface area (Å²) in [5.41, 5.74) is 0. The molecule has 0 N–H and O–H groups in total. The molecular formula is C14H19P. The van der Waals surface area contributed by atoms with Crippen molar-refractivity contribution in [3.63, 3.8) is 0 Å². The molecular weight excluding hydrogens is 199 g/mol. The monoisotopic (exact) mass is 218 g/mol. The Morgan fingerprint density at radius 2 is 1.47 bits per heavy atom. The van der Waals surface area contributed by atoms with Gasteiger partial charge < -0.3 is 0 Å². The molecule has 0 saturated carbocycles. The molecule has 0 fully saturated rings. The molecule has 2 rings (SSSR count). The molecule has 2 aromatic rings. The summed E-state index contributed by atoms with van der Waals surface area (Å²) in [7, 11) is 2.70. The second-order valence-corrected chi connectivity index (χ2v) is 4.27. The van der Waals surface area contributed by atoms with Crippen LogP contribution < -0.4 is 5.30 Å². The van der Waals surface area contributed by atoms with Gasteiger partial charge in [-0.1, -0.05) is 63.1 Å². The molecule has 0 amide bonds. The number of hydrogen-bond acceptors (Lipinski definition) is 0. The van der Waals surface area contributed by atoms with Crippen molar-refractivity contribution in [3.8, 4) is 0 Å². The van der Waals surface area contributed by atoms with Crippen LogP contribution in [-0.4, -0.2) is 0 Å². The SMILES string of the molecule is CCCC.Pc1ccc2ccccc2c1. The Bertz CT molecular complexity index is 405. The molecule has 15 heavy (non-hydrogen) atoms. The Morgan fingerprint density at radius 3 is 2.07 bits per heavy atom. The average molecular weight is 218 g/mol. The lowest BCUT2D eigenvalue weighted by Crippen LogP contribution is -1.86. The molecule has 0 spiro atoms. The molecule has 0 nitrogen and oxygen atoms in total. The largest absolute Gasteiger partial charge is 0.106 e. The quantitative estimate of drug-likeness (QED) is 0.631. The predicted octanol–water partition coefficient (Wildman–Crippen LogP) is 4.15. The Labute approximate surface area is 94.9 Å². The summed E-state index contributed by atoms with van der Waals surface area (Å²) in [6.07, 6.45) is 2.64. The van der Waals surface area contributed by atoms with E-state index >= 15 is 0 Å². The Balaban J connectivity index is 0.000000245. The van der Waals surface area contributed by atoms with E-state index in [1.165, 1.54) is 28.9 Å². The van der Waals surface area contributed by atoms with E-state index in [0.717, 1.165) is 0 Å². The minimum absolute atomic E-state index is 1.24. The summed E-state index contributed by atoms with van der Waals surface area (Å²) in [6.45, 7) is 4.36. The molecule has 0 aliphatic heterocycles. The van der Waals surface area contributed by atoms with Crippen LogP contribution >= 0.6 is 9.24 Å². The first-order chi connectivity index (χ1) is 7.27. The van der Waals surface area contributed by atoms with Gasteiger partial charge >= 0.3 is 0 Å². The van der Waals surface area contributed by atoms with Crippen LogP contribution in [-0.2, 0) is 0 Å². The molecule has 0 saturated heterocycles. The second kappa shape index (κ2) is 6.58. The van der Waals surface area contributed by atoms with Crippen molar-refractivity contribution in [2.75, 3.05) is 0 Å². The lowest BCUT2D eigenvalue weighted by molar-refractivity contribution is 0.886. The van der Waals surface area contributed by atoms with Gasteiger partial charge in [0.15, 0.2) is 0 Å². The average Bonchev–Trinajstić information content (AvgIpc) is 2.29. The number of hydrogen-bond donors (Lipinski definition) is 0. The van der Waals surface area contributed by atoms with E-state index in [2.05, 4.69) is 65.6 Å². The lowest BCUT2D eigenvalue weighted by Gasteiger charge is -1.96. The van der Waals surface area contributed by atoms with E-state index in [1.54, 1.807) is 0 Å². The highest BCUT2D eigenvalue weighted by atomic mass is 31.0. The smallest absolute Gasteiger partial charge is 0.0178 e. The standard InChI is InChI=1S/C10H9P.C4H10/c11-10-6-5-8-3-1-2-4-9(8)7-10;1-3-4-2/h1-7H,11H2;3-4H2,1-2H3. The van der Waals surface area contributed by atoms with Crippen LogP contribution in [0, 0.1) is 0 Å². The third kappa shape index (κ3) is 4.01. The van der Waals surface area contributed by atoms with Gasteiger partial charge in [-0.15, -0.1) is 9.24 Å². The van der Waals surface area contributed by atoms with Crippen molar-refractivity contribution in [1.82, 2.24) is 0 Å². The first kappa shape index (κ1) is 12.2. The molecule has 0 heterocycles. The van der Waals surface area contributed by atoms with Gasteiger partial charge in [0, 0.05) is 0 Å². The zero-order chi connectivity index (χ0) is 11.1. The molecule has 1 atom stereocenters. The van der Waals surface area contributed by atoms with E-state index in [0.29, 0.717) is 0 Å². The van der Waals surface area contributed by atoms with Crippen molar-refractivity contribution in [1.29, 1.82) is 0 Å². The Hall–Kier alpha value is -0.870. The van der Waals surface area contributed by atoms with Gasteiger partial charge in [0.2, 0.25) is 0 Å². The maximum absolute atomic E-state index is 2.70. The molecule has 0 aromatic heterocycles. The molecule has 80 valence electrons. The van der Waals surface area contributed by atoms with Crippen molar-refractivity contribution >= 4 is 25.3 Å². The van der Waals surface area contributed by atoms with E-state index in [4.69, 9.17) is 0 Å². The highest BCUT2D eigenvalue weighted by Gasteiger charge is 1.89. The van der Waals surface area contributed by atoms with Gasteiger partial charge in [0.05, 0.1) is 0 Å². The van der Waals surface area contributed by atoms with E-state index < -0.39 is 0 Å². The van der Waals surface area contributed by atoms with Crippen LogP contribution in [0.4, 0.5) is 0 Å². The molecule has 0 aliphatic rings. The highest BCUT2D eigenvalue weighted by molar-refractivity contribution is 7.27. The number of benzene rings is 2. The Morgan fingerprint density at radius 1 is 0.867 bits per heavy atom. The maximum Gasteiger partial charge on any atom is -0.0178 e. The van der Waals surface area contributed by atoms with Crippen molar-refractivity contribution in [3.05, 3.63) is 42.5 Å². The van der Waals surface area contributed by atoms with Crippen LogP contribution in [0.1, 0.15) is 26.7 Å². The summed E-state index contributed by atoms with van der Waals surface area (Å²) >= 11 is 0. The van der Waals surface area contributed by atoms with Crippen molar-refractivity contribution in [2.24, 2.45) is 0 Å². The minimum Gasteiger partial charge on any atom is -0.106 e. The highest BCUT2D eigenvalue weighted by Crippen LogP contribution is 2.11. The Kier molecular flexibility index (Phi) is 5.36. The molecule has 1 unspecified atom stereocenters. The van der Waals surface area contributed by atoms with Crippen molar-refractivity contribution < 1.29 is 0 Å². The third-order valence-corrected chi connectivity index (χ3v) is 2.63. The predicted molar refractivity (Wildman–Crippen MR) is 73.9 cm³/mol.